The van der Waals surface area contributed by atoms with Gasteiger partial charge in [-0.1, -0.05) is 6.07 Å². The molecule has 3 N–H and O–H groups in total. The third-order valence-electron chi connectivity index (χ3n) is 5.09. The standard InChI is InChI=1S/C19H24N4O5/c1-28-14-4-2-3-13(9-14)17(25)20-11-12-5-7-23(8-6-12)16(24)10-15-18(26)22-19(27)21-15/h2-4,9,12,15H,5-8,10-11H2,1H3,(H,20,25)(H2,21,22,26,27). The van der Waals surface area contributed by atoms with Crippen LogP contribution in [0.4, 0.5) is 4.79 Å². The number of carbonyl (C=O) groups excluding carboxylic acids is 4. The first-order valence-corrected chi connectivity index (χ1v) is 9.27. The van der Waals surface area contributed by atoms with Crippen LogP contribution in [0, 0.1) is 5.92 Å². The first-order valence-electron chi connectivity index (χ1n) is 9.27. The summed E-state index contributed by atoms with van der Waals surface area (Å²) in [5.41, 5.74) is 0.545. The summed E-state index contributed by atoms with van der Waals surface area (Å²) < 4.78 is 5.13. The minimum Gasteiger partial charge on any atom is -0.497 e. The molecule has 5 amide bonds. The number of amides is 5. The molecule has 3 rings (SSSR count). The lowest BCUT2D eigenvalue weighted by atomic mass is 9.96. The molecule has 1 aromatic rings. The van der Waals surface area contributed by atoms with Gasteiger partial charge in [-0.25, -0.2) is 4.79 Å². The number of piperidine rings is 1. The number of urea groups is 1. The molecule has 1 unspecified atom stereocenters. The SMILES string of the molecule is COc1cccc(C(=O)NCC2CCN(C(=O)CC3NC(=O)NC3=O)CC2)c1. The Labute approximate surface area is 162 Å². The second kappa shape index (κ2) is 8.73. The lowest BCUT2D eigenvalue weighted by Crippen LogP contribution is -2.44. The molecule has 0 aliphatic carbocycles. The van der Waals surface area contributed by atoms with Crippen molar-refractivity contribution in [1.82, 2.24) is 20.9 Å². The molecule has 2 saturated heterocycles. The quantitative estimate of drug-likeness (QED) is 0.605. The Balaban J connectivity index is 1.41. The van der Waals surface area contributed by atoms with Crippen LogP contribution in [0.3, 0.4) is 0 Å². The topological polar surface area (TPSA) is 117 Å². The average Bonchev–Trinajstić information content (AvgIpc) is 3.03. The molecule has 2 aliphatic rings. The number of hydrogen-bond donors (Lipinski definition) is 3. The molecule has 0 saturated carbocycles. The third kappa shape index (κ3) is 4.79. The van der Waals surface area contributed by atoms with Crippen molar-refractivity contribution < 1.29 is 23.9 Å². The number of likely N-dealkylation sites (tertiary alicyclic amines) is 1. The van der Waals surface area contributed by atoms with Crippen molar-refractivity contribution in [3.05, 3.63) is 29.8 Å². The molecule has 150 valence electrons. The summed E-state index contributed by atoms with van der Waals surface area (Å²) >= 11 is 0. The van der Waals surface area contributed by atoms with Crippen LogP contribution in [0.2, 0.25) is 0 Å². The van der Waals surface area contributed by atoms with Gasteiger partial charge in [0.05, 0.1) is 13.5 Å². The van der Waals surface area contributed by atoms with Crippen molar-refractivity contribution in [3.8, 4) is 5.75 Å². The normalized spacial score (nSPS) is 19.8. The second-order valence-electron chi connectivity index (χ2n) is 6.99. The largest absolute Gasteiger partial charge is 0.497 e. The van der Waals surface area contributed by atoms with E-state index in [1.165, 1.54) is 0 Å². The zero-order valence-corrected chi connectivity index (χ0v) is 15.7. The van der Waals surface area contributed by atoms with Gasteiger partial charge in [-0.05, 0) is 37.0 Å². The smallest absolute Gasteiger partial charge is 0.322 e. The molecular formula is C19H24N4O5. The molecule has 0 aromatic heterocycles. The van der Waals surface area contributed by atoms with Crippen molar-refractivity contribution in [2.45, 2.75) is 25.3 Å². The Morgan fingerprint density at radius 3 is 2.64 bits per heavy atom. The molecule has 2 aliphatic heterocycles. The number of methoxy groups -OCH3 is 1. The Bertz CT molecular complexity index is 773. The van der Waals surface area contributed by atoms with Crippen molar-refractivity contribution in [1.29, 1.82) is 0 Å². The molecule has 9 nitrogen and oxygen atoms in total. The van der Waals surface area contributed by atoms with E-state index < -0.39 is 18.0 Å². The molecule has 0 bridgehead atoms. The van der Waals surface area contributed by atoms with Gasteiger partial charge in [0.15, 0.2) is 0 Å². The van der Waals surface area contributed by atoms with Gasteiger partial charge in [-0.2, -0.15) is 0 Å². The highest BCUT2D eigenvalue weighted by atomic mass is 16.5. The number of hydrogen-bond acceptors (Lipinski definition) is 5. The van der Waals surface area contributed by atoms with Crippen LogP contribution < -0.4 is 20.7 Å². The average molecular weight is 388 g/mol. The number of benzene rings is 1. The maximum Gasteiger partial charge on any atom is 0.322 e. The summed E-state index contributed by atoms with van der Waals surface area (Å²) in [6.07, 6.45) is 1.51. The molecule has 28 heavy (non-hydrogen) atoms. The van der Waals surface area contributed by atoms with Gasteiger partial charge < -0.3 is 20.3 Å². The Morgan fingerprint density at radius 1 is 1.25 bits per heavy atom. The second-order valence-corrected chi connectivity index (χ2v) is 6.99. The zero-order chi connectivity index (χ0) is 20.1. The zero-order valence-electron chi connectivity index (χ0n) is 15.7. The minimum absolute atomic E-state index is 0.0329. The molecule has 2 fully saturated rings. The number of imide groups is 1. The van der Waals surface area contributed by atoms with E-state index >= 15 is 0 Å². The summed E-state index contributed by atoms with van der Waals surface area (Å²) in [5.74, 6) is 0.148. The van der Waals surface area contributed by atoms with Crippen LogP contribution in [0.1, 0.15) is 29.6 Å². The van der Waals surface area contributed by atoms with Gasteiger partial charge in [-0.15, -0.1) is 0 Å². The fourth-order valence-electron chi connectivity index (χ4n) is 3.40. The number of carbonyl (C=O) groups is 4. The molecule has 1 aromatic carbocycles. The molecular weight excluding hydrogens is 364 g/mol. The fourth-order valence-corrected chi connectivity index (χ4v) is 3.40. The first-order chi connectivity index (χ1) is 13.5. The van der Waals surface area contributed by atoms with E-state index in [0.29, 0.717) is 30.9 Å². The molecule has 2 heterocycles. The van der Waals surface area contributed by atoms with E-state index in [1.807, 2.05) is 0 Å². The van der Waals surface area contributed by atoms with Gasteiger partial charge in [0, 0.05) is 25.2 Å². The predicted octanol–water partition coefficient (Wildman–Crippen LogP) is 0.262. The van der Waals surface area contributed by atoms with Gasteiger partial charge in [0.2, 0.25) is 5.91 Å². The molecule has 1 atom stereocenters. The van der Waals surface area contributed by atoms with Crippen molar-refractivity contribution in [2.24, 2.45) is 5.92 Å². The number of nitrogens with zero attached hydrogens (tertiary/aromatic N) is 1. The van der Waals surface area contributed by atoms with E-state index in [0.717, 1.165) is 12.8 Å². The van der Waals surface area contributed by atoms with Crippen LogP contribution in [0.15, 0.2) is 24.3 Å². The van der Waals surface area contributed by atoms with Crippen LogP contribution in [-0.2, 0) is 9.59 Å². The maximum absolute atomic E-state index is 12.3. The maximum atomic E-state index is 12.3. The molecule has 0 spiro atoms. The minimum atomic E-state index is -0.792. The number of ether oxygens (including phenoxy) is 1. The van der Waals surface area contributed by atoms with Crippen LogP contribution in [0.25, 0.3) is 0 Å². The summed E-state index contributed by atoms with van der Waals surface area (Å²) in [6.45, 7) is 1.68. The van der Waals surface area contributed by atoms with Crippen molar-refractivity contribution >= 4 is 23.8 Å². The van der Waals surface area contributed by atoms with E-state index in [2.05, 4.69) is 16.0 Å². The number of rotatable bonds is 6. The van der Waals surface area contributed by atoms with E-state index in [4.69, 9.17) is 4.74 Å². The van der Waals surface area contributed by atoms with Gasteiger partial charge in [0.25, 0.3) is 11.8 Å². The van der Waals surface area contributed by atoms with Gasteiger partial charge >= 0.3 is 6.03 Å². The summed E-state index contributed by atoms with van der Waals surface area (Å²) in [7, 11) is 1.55. The predicted molar refractivity (Wildman–Crippen MR) is 99.7 cm³/mol. The lowest BCUT2D eigenvalue weighted by Gasteiger charge is -2.32. The summed E-state index contributed by atoms with van der Waals surface area (Å²) in [4.78, 5) is 49.0. The first kappa shape index (κ1) is 19.7. The summed E-state index contributed by atoms with van der Waals surface area (Å²) in [5, 5.41) is 7.49. The van der Waals surface area contributed by atoms with Crippen LogP contribution in [0.5, 0.6) is 5.75 Å². The molecule has 9 heteroatoms. The number of nitrogens with one attached hydrogen (secondary N) is 3. The Morgan fingerprint density at radius 2 is 2.00 bits per heavy atom. The Kier molecular flexibility index (Phi) is 6.13. The highest BCUT2D eigenvalue weighted by molar-refractivity contribution is 6.05. The van der Waals surface area contributed by atoms with Gasteiger partial charge in [0.1, 0.15) is 11.8 Å². The Hall–Kier alpha value is -3.10. The highest BCUT2D eigenvalue weighted by Gasteiger charge is 2.33. The molecule has 0 radical (unpaired) electrons. The third-order valence-corrected chi connectivity index (χ3v) is 5.09. The fraction of sp³-hybridized carbons (Fsp3) is 0.474. The summed E-state index contributed by atoms with van der Waals surface area (Å²) in [6, 6.07) is 5.62. The van der Waals surface area contributed by atoms with Crippen LogP contribution in [-0.4, -0.2) is 61.4 Å². The highest BCUT2D eigenvalue weighted by Crippen LogP contribution is 2.18. The van der Waals surface area contributed by atoms with Crippen LogP contribution >= 0.6 is 0 Å². The van der Waals surface area contributed by atoms with Gasteiger partial charge in [-0.3, -0.25) is 19.7 Å². The van der Waals surface area contributed by atoms with E-state index in [9.17, 15) is 19.2 Å². The lowest BCUT2D eigenvalue weighted by molar-refractivity contribution is -0.135. The van der Waals surface area contributed by atoms with Crippen molar-refractivity contribution in [3.63, 3.8) is 0 Å². The van der Waals surface area contributed by atoms with Crippen molar-refractivity contribution in [2.75, 3.05) is 26.7 Å². The monoisotopic (exact) mass is 388 g/mol. The van der Waals surface area contributed by atoms with E-state index in [-0.39, 0.29) is 24.2 Å². The van der Waals surface area contributed by atoms with E-state index in [1.54, 1.807) is 36.3 Å².